The molecule has 0 spiro atoms. The van der Waals surface area contributed by atoms with Gasteiger partial charge in [0.15, 0.2) is 5.96 Å². The summed E-state index contributed by atoms with van der Waals surface area (Å²) in [4.78, 5) is 8.32. The summed E-state index contributed by atoms with van der Waals surface area (Å²) in [6.07, 6.45) is 7.69. The zero-order chi connectivity index (χ0) is 17.9. The van der Waals surface area contributed by atoms with Crippen LogP contribution < -0.4 is 15.4 Å². The SMILES string of the molecule is CN=C(NCCCn1ccnc1)NCCC(C)c1ccc(OC)cc1.I. The molecule has 1 aromatic carbocycles. The highest BCUT2D eigenvalue weighted by Crippen LogP contribution is 2.21. The molecule has 0 bridgehead atoms. The van der Waals surface area contributed by atoms with Gasteiger partial charge in [-0.15, -0.1) is 24.0 Å². The van der Waals surface area contributed by atoms with Gasteiger partial charge in [-0.25, -0.2) is 4.98 Å². The molecule has 0 aliphatic heterocycles. The van der Waals surface area contributed by atoms with Crippen LogP contribution in [0.1, 0.15) is 31.2 Å². The van der Waals surface area contributed by atoms with Gasteiger partial charge in [-0.1, -0.05) is 19.1 Å². The van der Waals surface area contributed by atoms with Gasteiger partial charge in [-0.2, -0.15) is 0 Å². The Morgan fingerprint density at radius 1 is 1.23 bits per heavy atom. The van der Waals surface area contributed by atoms with E-state index in [-0.39, 0.29) is 24.0 Å². The van der Waals surface area contributed by atoms with Gasteiger partial charge in [0.1, 0.15) is 5.75 Å². The van der Waals surface area contributed by atoms with Crippen LogP contribution in [0.3, 0.4) is 0 Å². The summed E-state index contributed by atoms with van der Waals surface area (Å²) < 4.78 is 7.28. The molecule has 0 aliphatic carbocycles. The molecular formula is C19H30IN5O. The number of aliphatic imine (C=N–C) groups is 1. The first-order valence-electron chi connectivity index (χ1n) is 8.77. The van der Waals surface area contributed by atoms with Crippen LogP contribution in [0.25, 0.3) is 0 Å². The number of rotatable bonds is 9. The second-order valence-corrected chi connectivity index (χ2v) is 6.04. The van der Waals surface area contributed by atoms with Crippen LogP contribution in [0.15, 0.2) is 48.0 Å². The predicted octanol–water partition coefficient (Wildman–Crippen LogP) is 3.26. The number of methoxy groups -OCH3 is 1. The van der Waals surface area contributed by atoms with E-state index in [9.17, 15) is 0 Å². The lowest BCUT2D eigenvalue weighted by Crippen LogP contribution is -2.38. The molecule has 1 unspecified atom stereocenters. The van der Waals surface area contributed by atoms with Crippen LogP contribution in [0, 0.1) is 0 Å². The van der Waals surface area contributed by atoms with Crippen molar-refractivity contribution in [1.82, 2.24) is 20.2 Å². The van der Waals surface area contributed by atoms with Crippen molar-refractivity contribution >= 4 is 29.9 Å². The lowest BCUT2D eigenvalue weighted by Gasteiger charge is -2.15. The number of guanidine groups is 1. The molecule has 0 aliphatic rings. The molecule has 0 amide bonds. The van der Waals surface area contributed by atoms with E-state index >= 15 is 0 Å². The number of nitrogens with zero attached hydrogens (tertiary/aromatic N) is 3. The van der Waals surface area contributed by atoms with E-state index in [1.807, 2.05) is 24.7 Å². The zero-order valence-electron chi connectivity index (χ0n) is 15.8. The molecule has 0 saturated heterocycles. The number of hydrogen-bond donors (Lipinski definition) is 2. The number of hydrogen-bond acceptors (Lipinski definition) is 3. The highest BCUT2D eigenvalue weighted by atomic mass is 127. The Balaban J connectivity index is 0.00000338. The van der Waals surface area contributed by atoms with E-state index in [1.54, 1.807) is 20.4 Å². The fourth-order valence-electron chi connectivity index (χ4n) is 2.61. The number of halogens is 1. The van der Waals surface area contributed by atoms with Gasteiger partial charge in [0, 0.05) is 39.1 Å². The van der Waals surface area contributed by atoms with E-state index in [4.69, 9.17) is 4.74 Å². The molecule has 2 N–H and O–H groups in total. The largest absolute Gasteiger partial charge is 0.497 e. The Morgan fingerprint density at radius 2 is 1.96 bits per heavy atom. The smallest absolute Gasteiger partial charge is 0.190 e. The number of nitrogens with one attached hydrogen (secondary N) is 2. The second-order valence-electron chi connectivity index (χ2n) is 6.04. The van der Waals surface area contributed by atoms with Crippen molar-refractivity contribution in [3.05, 3.63) is 48.5 Å². The molecule has 1 heterocycles. The number of benzene rings is 1. The third-order valence-electron chi connectivity index (χ3n) is 4.22. The third-order valence-corrected chi connectivity index (χ3v) is 4.22. The van der Waals surface area contributed by atoms with Crippen molar-refractivity contribution in [2.75, 3.05) is 27.2 Å². The minimum absolute atomic E-state index is 0. The summed E-state index contributed by atoms with van der Waals surface area (Å²) in [5.74, 6) is 2.24. The molecule has 1 atom stereocenters. The maximum Gasteiger partial charge on any atom is 0.190 e. The van der Waals surface area contributed by atoms with Crippen LogP contribution in [0.2, 0.25) is 0 Å². The third kappa shape index (κ3) is 7.63. The first-order valence-corrected chi connectivity index (χ1v) is 8.77. The minimum atomic E-state index is 0. The van der Waals surface area contributed by atoms with Crippen LogP contribution in [0.5, 0.6) is 5.75 Å². The maximum atomic E-state index is 5.21. The molecular weight excluding hydrogens is 441 g/mol. The van der Waals surface area contributed by atoms with Crippen molar-refractivity contribution in [1.29, 1.82) is 0 Å². The van der Waals surface area contributed by atoms with Crippen molar-refractivity contribution in [3.63, 3.8) is 0 Å². The molecule has 0 radical (unpaired) electrons. The molecule has 0 fully saturated rings. The minimum Gasteiger partial charge on any atom is -0.497 e. The normalized spacial score (nSPS) is 12.2. The number of aryl methyl sites for hydroxylation is 1. The van der Waals surface area contributed by atoms with Crippen LogP contribution >= 0.6 is 24.0 Å². The summed E-state index contributed by atoms with van der Waals surface area (Å²) in [6.45, 7) is 4.96. The summed E-state index contributed by atoms with van der Waals surface area (Å²) in [6, 6.07) is 8.29. The molecule has 7 heteroatoms. The van der Waals surface area contributed by atoms with Gasteiger partial charge in [0.25, 0.3) is 0 Å². The van der Waals surface area contributed by atoms with Crippen LogP contribution in [-0.4, -0.2) is 42.8 Å². The van der Waals surface area contributed by atoms with Crippen LogP contribution in [0.4, 0.5) is 0 Å². The standard InChI is InChI=1S/C19H29N5O.HI/c1-16(17-5-7-18(25-3)8-6-17)9-11-23-19(20-2)22-10-4-13-24-14-12-21-15-24;/h5-8,12,14-16H,4,9-11,13H2,1-3H3,(H2,20,22,23);1H. The summed E-state index contributed by atoms with van der Waals surface area (Å²) >= 11 is 0. The van der Waals surface area contributed by atoms with Crippen molar-refractivity contribution in [3.8, 4) is 5.75 Å². The van der Waals surface area contributed by atoms with Crippen molar-refractivity contribution < 1.29 is 4.74 Å². The van der Waals surface area contributed by atoms with Gasteiger partial charge in [0.05, 0.1) is 13.4 Å². The Kier molecular flexibility index (Phi) is 10.8. The first kappa shape index (κ1) is 22.3. The number of imidazole rings is 1. The van der Waals surface area contributed by atoms with Gasteiger partial charge >= 0.3 is 0 Å². The second kappa shape index (κ2) is 12.6. The van der Waals surface area contributed by atoms with E-state index in [2.05, 4.69) is 44.2 Å². The summed E-state index contributed by atoms with van der Waals surface area (Å²) in [5, 5.41) is 6.73. The van der Waals surface area contributed by atoms with E-state index < -0.39 is 0 Å². The average Bonchev–Trinajstić information content (AvgIpc) is 3.17. The van der Waals surface area contributed by atoms with Gasteiger partial charge in [-0.3, -0.25) is 4.99 Å². The molecule has 2 rings (SSSR count). The monoisotopic (exact) mass is 471 g/mol. The number of ether oxygens (including phenoxy) is 1. The van der Waals surface area contributed by atoms with E-state index in [0.717, 1.165) is 44.2 Å². The highest BCUT2D eigenvalue weighted by molar-refractivity contribution is 14.0. The topological polar surface area (TPSA) is 63.5 Å². The van der Waals surface area contributed by atoms with Gasteiger partial charge < -0.3 is 19.9 Å². The van der Waals surface area contributed by atoms with Crippen molar-refractivity contribution in [2.45, 2.75) is 32.2 Å². The molecule has 6 nitrogen and oxygen atoms in total. The Hall–Kier alpha value is -1.77. The Labute approximate surface area is 173 Å². The lowest BCUT2D eigenvalue weighted by atomic mass is 9.98. The molecule has 26 heavy (non-hydrogen) atoms. The summed E-state index contributed by atoms with van der Waals surface area (Å²) in [7, 11) is 3.49. The molecule has 1 aromatic heterocycles. The predicted molar refractivity (Wildman–Crippen MR) is 118 cm³/mol. The average molecular weight is 471 g/mol. The molecule has 2 aromatic rings. The summed E-state index contributed by atoms with van der Waals surface area (Å²) in [5.41, 5.74) is 1.32. The molecule has 144 valence electrons. The Bertz CT molecular complexity index is 628. The van der Waals surface area contributed by atoms with Gasteiger partial charge in [-0.05, 0) is 36.5 Å². The zero-order valence-corrected chi connectivity index (χ0v) is 18.1. The number of aromatic nitrogens is 2. The quantitative estimate of drug-likeness (QED) is 0.255. The van der Waals surface area contributed by atoms with Gasteiger partial charge in [0.2, 0.25) is 0 Å². The lowest BCUT2D eigenvalue weighted by molar-refractivity contribution is 0.414. The Morgan fingerprint density at radius 3 is 2.58 bits per heavy atom. The highest BCUT2D eigenvalue weighted by Gasteiger charge is 2.06. The first-order chi connectivity index (χ1) is 12.2. The fourth-order valence-corrected chi connectivity index (χ4v) is 2.61. The maximum absolute atomic E-state index is 5.21. The van der Waals surface area contributed by atoms with E-state index in [1.165, 1.54) is 5.56 Å². The van der Waals surface area contributed by atoms with Crippen molar-refractivity contribution in [2.24, 2.45) is 4.99 Å². The fraction of sp³-hybridized carbons (Fsp3) is 0.474. The molecule has 0 saturated carbocycles. The van der Waals surface area contributed by atoms with Crippen LogP contribution in [-0.2, 0) is 6.54 Å². The van der Waals surface area contributed by atoms with E-state index in [0.29, 0.717) is 5.92 Å².